The maximum atomic E-state index is 12.5. The summed E-state index contributed by atoms with van der Waals surface area (Å²) in [4.78, 5) is 25.0. The van der Waals surface area contributed by atoms with Crippen molar-refractivity contribution in [3.63, 3.8) is 0 Å². The van der Waals surface area contributed by atoms with E-state index in [9.17, 15) is 23.3 Å². The van der Waals surface area contributed by atoms with Gasteiger partial charge in [0.2, 0.25) is 10.0 Å². The predicted octanol–water partition coefficient (Wildman–Crippen LogP) is 2.85. The first-order valence-electron chi connectivity index (χ1n) is 10.5. The molecule has 2 aromatic carbocycles. The molecule has 0 saturated heterocycles. The highest BCUT2D eigenvalue weighted by Crippen LogP contribution is 2.27. The van der Waals surface area contributed by atoms with Gasteiger partial charge in [-0.05, 0) is 49.1 Å². The van der Waals surface area contributed by atoms with E-state index in [2.05, 4.69) is 10.0 Å². The number of nitro benzene ring substituents is 1. The minimum Gasteiger partial charge on any atom is -0.372 e. The number of carbonyl (C=O) groups excluding carboxylic acids is 1. The van der Waals surface area contributed by atoms with Crippen LogP contribution in [0.25, 0.3) is 0 Å². The van der Waals surface area contributed by atoms with E-state index in [0.29, 0.717) is 18.7 Å². The highest BCUT2D eigenvalue weighted by molar-refractivity contribution is 7.89. The van der Waals surface area contributed by atoms with Gasteiger partial charge in [0.15, 0.2) is 0 Å². The van der Waals surface area contributed by atoms with E-state index in [-0.39, 0.29) is 22.2 Å². The lowest BCUT2D eigenvalue weighted by atomic mass is 10.1. The number of sulfonamides is 1. The maximum absolute atomic E-state index is 12.5. The Morgan fingerprint density at radius 1 is 1.12 bits per heavy atom. The van der Waals surface area contributed by atoms with Crippen molar-refractivity contribution < 1.29 is 18.1 Å². The molecular weight excluding hydrogens is 432 g/mol. The van der Waals surface area contributed by atoms with Crippen molar-refractivity contribution in [2.24, 2.45) is 0 Å². The third kappa shape index (κ3) is 5.83. The summed E-state index contributed by atoms with van der Waals surface area (Å²) in [6.07, 6.45) is 4.34. The molecule has 0 atom stereocenters. The SMILES string of the molecule is CN(C)c1ccc(C(=O)NCCc2ccc(S(=O)(=O)NC3CCCC3)cc2)cc1[N+](=O)[O-]. The van der Waals surface area contributed by atoms with Crippen molar-refractivity contribution in [3.05, 3.63) is 63.7 Å². The second kappa shape index (κ2) is 10.1. The molecule has 2 N–H and O–H groups in total. The summed E-state index contributed by atoms with van der Waals surface area (Å²) in [5.74, 6) is -0.404. The monoisotopic (exact) mass is 460 g/mol. The van der Waals surface area contributed by atoms with Crippen molar-refractivity contribution in [1.82, 2.24) is 10.0 Å². The number of nitrogens with one attached hydrogen (secondary N) is 2. The summed E-state index contributed by atoms with van der Waals surface area (Å²) in [5, 5.41) is 14.0. The van der Waals surface area contributed by atoms with E-state index in [1.807, 2.05) is 0 Å². The summed E-state index contributed by atoms with van der Waals surface area (Å²) in [5.41, 5.74) is 1.37. The summed E-state index contributed by atoms with van der Waals surface area (Å²) >= 11 is 0. The van der Waals surface area contributed by atoms with Gasteiger partial charge in [0, 0.05) is 38.3 Å². The number of benzene rings is 2. The molecule has 1 saturated carbocycles. The molecule has 1 aliphatic rings. The van der Waals surface area contributed by atoms with Gasteiger partial charge in [0.05, 0.1) is 9.82 Å². The van der Waals surface area contributed by atoms with Crippen LogP contribution in [0.2, 0.25) is 0 Å². The number of carbonyl (C=O) groups is 1. The van der Waals surface area contributed by atoms with Crippen molar-refractivity contribution >= 4 is 27.3 Å². The van der Waals surface area contributed by atoms with Crippen LogP contribution in [-0.4, -0.2) is 45.9 Å². The first-order chi connectivity index (χ1) is 15.2. The molecule has 0 bridgehead atoms. The van der Waals surface area contributed by atoms with Crippen LogP contribution in [0.15, 0.2) is 47.4 Å². The van der Waals surface area contributed by atoms with Crippen molar-refractivity contribution in [2.75, 3.05) is 25.5 Å². The van der Waals surface area contributed by atoms with Crippen molar-refractivity contribution in [1.29, 1.82) is 0 Å². The Kier molecular flexibility index (Phi) is 7.47. The van der Waals surface area contributed by atoms with Gasteiger partial charge in [0.25, 0.3) is 11.6 Å². The molecule has 32 heavy (non-hydrogen) atoms. The van der Waals surface area contributed by atoms with Crippen LogP contribution in [0, 0.1) is 10.1 Å². The molecule has 0 heterocycles. The van der Waals surface area contributed by atoms with E-state index in [4.69, 9.17) is 0 Å². The zero-order chi connectivity index (χ0) is 23.3. The molecule has 0 radical (unpaired) electrons. The molecule has 9 nitrogen and oxygen atoms in total. The van der Waals surface area contributed by atoms with E-state index >= 15 is 0 Å². The fraction of sp³-hybridized carbons (Fsp3) is 0.409. The van der Waals surface area contributed by atoms with Crippen LogP contribution in [0.3, 0.4) is 0 Å². The Balaban J connectivity index is 1.56. The van der Waals surface area contributed by atoms with E-state index < -0.39 is 20.9 Å². The van der Waals surface area contributed by atoms with Crippen molar-refractivity contribution in [3.8, 4) is 0 Å². The number of hydrogen-bond acceptors (Lipinski definition) is 6. The van der Waals surface area contributed by atoms with Gasteiger partial charge in [-0.1, -0.05) is 25.0 Å². The lowest BCUT2D eigenvalue weighted by molar-refractivity contribution is -0.384. The third-order valence-corrected chi connectivity index (χ3v) is 7.06. The molecule has 2 aromatic rings. The second-order valence-corrected chi connectivity index (χ2v) is 9.82. The minimum atomic E-state index is -3.53. The van der Waals surface area contributed by atoms with Gasteiger partial charge in [-0.15, -0.1) is 0 Å². The molecule has 0 unspecified atom stereocenters. The lowest BCUT2D eigenvalue weighted by Crippen LogP contribution is -2.32. The highest BCUT2D eigenvalue weighted by atomic mass is 32.2. The maximum Gasteiger partial charge on any atom is 0.293 e. The van der Waals surface area contributed by atoms with Gasteiger partial charge >= 0.3 is 0 Å². The summed E-state index contributed by atoms with van der Waals surface area (Å²) in [6, 6.07) is 11.0. The molecule has 3 rings (SSSR count). The Labute approximate surface area is 188 Å². The number of nitrogens with zero attached hydrogens (tertiary/aromatic N) is 2. The fourth-order valence-electron chi connectivity index (χ4n) is 3.78. The van der Waals surface area contributed by atoms with E-state index in [1.54, 1.807) is 55.4 Å². The zero-order valence-electron chi connectivity index (χ0n) is 18.2. The Morgan fingerprint density at radius 3 is 2.38 bits per heavy atom. The molecule has 1 aliphatic carbocycles. The molecule has 172 valence electrons. The van der Waals surface area contributed by atoms with Crippen LogP contribution in [0.4, 0.5) is 11.4 Å². The predicted molar refractivity (Wildman–Crippen MR) is 122 cm³/mol. The van der Waals surface area contributed by atoms with Crippen LogP contribution in [0.5, 0.6) is 0 Å². The molecule has 0 spiro atoms. The third-order valence-electron chi connectivity index (χ3n) is 5.53. The average Bonchev–Trinajstić information content (AvgIpc) is 3.25. The van der Waals surface area contributed by atoms with Gasteiger partial charge in [-0.2, -0.15) is 0 Å². The van der Waals surface area contributed by atoms with Crippen LogP contribution in [0.1, 0.15) is 41.6 Å². The quantitative estimate of drug-likeness (QED) is 0.438. The Morgan fingerprint density at radius 2 is 1.78 bits per heavy atom. The second-order valence-electron chi connectivity index (χ2n) is 8.11. The first kappa shape index (κ1) is 23.7. The molecule has 10 heteroatoms. The minimum absolute atomic E-state index is 0.0116. The topological polar surface area (TPSA) is 122 Å². The molecule has 1 amide bonds. The summed E-state index contributed by atoms with van der Waals surface area (Å²) < 4.78 is 27.7. The average molecular weight is 461 g/mol. The van der Waals surface area contributed by atoms with E-state index in [0.717, 1.165) is 31.2 Å². The first-order valence-corrected chi connectivity index (χ1v) is 12.0. The summed E-state index contributed by atoms with van der Waals surface area (Å²) in [6.45, 7) is 0.314. The standard InChI is InChI=1S/C22H28N4O5S/c1-25(2)20-12-9-17(15-21(20)26(28)29)22(27)23-14-13-16-7-10-19(11-8-16)32(30,31)24-18-5-3-4-6-18/h7-12,15,18,24H,3-6,13-14H2,1-2H3,(H,23,27). The van der Waals surface area contributed by atoms with Crippen LogP contribution in [-0.2, 0) is 16.4 Å². The van der Waals surface area contributed by atoms with Gasteiger partial charge in [0.1, 0.15) is 5.69 Å². The van der Waals surface area contributed by atoms with Crippen LogP contribution < -0.4 is 14.9 Å². The molecule has 0 aliphatic heterocycles. The van der Waals surface area contributed by atoms with Gasteiger partial charge < -0.3 is 10.2 Å². The molecule has 1 fully saturated rings. The van der Waals surface area contributed by atoms with Gasteiger partial charge in [-0.25, -0.2) is 13.1 Å². The van der Waals surface area contributed by atoms with Crippen molar-refractivity contribution in [2.45, 2.75) is 43.0 Å². The number of hydrogen-bond donors (Lipinski definition) is 2. The highest BCUT2D eigenvalue weighted by Gasteiger charge is 2.23. The van der Waals surface area contributed by atoms with Gasteiger partial charge in [-0.3, -0.25) is 14.9 Å². The zero-order valence-corrected chi connectivity index (χ0v) is 19.0. The molecular formula is C22H28N4O5S. The lowest BCUT2D eigenvalue weighted by Gasteiger charge is -2.13. The van der Waals surface area contributed by atoms with Crippen LogP contribution >= 0.6 is 0 Å². The number of nitro groups is 1. The number of rotatable bonds is 9. The smallest absolute Gasteiger partial charge is 0.293 e. The van der Waals surface area contributed by atoms with E-state index in [1.165, 1.54) is 6.07 Å². The Hall–Kier alpha value is -2.98. The largest absolute Gasteiger partial charge is 0.372 e. The Bertz CT molecular complexity index is 1080. The number of amides is 1. The summed E-state index contributed by atoms with van der Waals surface area (Å²) in [7, 11) is -0.134. The molecule has 0 aromatic heterocycles. The fourth-order valence-corrected chi connectivity index (χ4v) is 5.08. The normalized spacial score (nSPS) is 14.3. The number of anilines is 1.